The maximum Gasteiger partial charge on any atom is 0.161 e. The number of rotatable bonds is 6. The van der Waals surface area contributed by atoms with E-state index in [4.69, 9.17) is 9.47 Å². The second-order valence-electron chi connectivity index (χ2n) is 5.99. The van der Waals surface area contributed by atoms with E-state index < -0.39 is 0 Å². The van der Waals surface area contributed by atoms with Gasteiger partial charge in [0, 0.05) is 6.04 Å². The van der Waals surface area contributed by atoms with Gasteiger partial charge in [0.05, 0.1) is 14.2 Å². The Morgan fingerprint density at radius 3 is 2.21 bits per heavy atom. The Morgan fingerprint density at radius 2 is 1.74 bits per heavy atom. The van der Waals surface area contributed by atoms with Crippen molar-refractivity contribution in [3.8, 4) is 11.5 Å². The minimum absolute atomic E-state index is 0.278. The lowest BCUT2D eigenvalue weighted by Gasteiger charge is -2.27. The Hall–Kier alpha value is -1.22. The van der Waals surface area contributed by atoms with E-state index in [2.05, 4.69) is 45.1 Å². The molecule has 0 saturated carbocycles. The number of methoxy groups -OCH3 is 2. The van der Waals surface area contributed by atoms with Crippen molar-refractivity contribution < 1.29 is 9.47 Å². The lowest BCUT2D eigenvalue weighted by atomic mass is 9.85. The molecule has 0 aliphatic heterocycles. The zero-order valence-electron chi connectivity index (χ0n) is 13.0. The van der Waals surface area contributed by atoms with Gasteiger partial charge in [0.25, 0.3) is 0 Å². The van der Waals surface area contributed by atoms with Crippen molar-refractivity contribution in [1.29, 1.82) is 0 Å². The third-order valence-electron chi connectivity index (χ3n) is 3.08. The normalized spacial score (nSPS) is 13.2. The number of hydrogen-bond donors (Lipinski definition) is 1. The number of nitrogens with one attached hydrogen (secondary N) is 1. The molecule has 108 valence electrons. The van der Waals surface area contributed by atoms with Crippen LogP contribution in [0.2, 0.25) is 0 Å². The largest absolute Gasteiger partial charge is 0.493 e. The summed E-state index contributed by atoms with van der Waals surface area (Å²) in [6.45, 7) is 9.87. The Labute approximate surface area is 117 Å². The van der Waals surface area contributed by atoms with Crippen molar-refractivity contribution >= 4 is 0 Å². The van der Waals surface area contributed by atoms with Gasteiger partial charge < -0.3 is 14.8 Å². The van der Waals surface area contributed by atoms with E-state index in [-0.39, 0.29) is 5.41 Å². The summed E-state index contributed by atoms with van der Waals surface area (Å²) in [6.07, 6.45) is 1.08. The summed E-state index contributed by atoms with van der Waals surface area (Å²) in [5.41, 5.74) is 1.52. The fraction of sp³-hybridized carbons (Fsp3) is 0.625. The predicted molar refractivity (Wildman–Crippen MR) is 80.0 cm³/mol. The van der Waals surface area contributed by atoms with Gasteiger partial charge in [-0.1, -0.05) is 33.8 Å². The van der Waals surface area contributed by atoms with Crippen LogP contribution in [0.3, 0.4) is 0 Å². The number of ether oxygens (including phenoxy) is 2. The molecule has 0 aliphatic rings. The van der Waals surface area contributed by atoms with Gasteiger partial charge in [-0.25, -0.2) is 0 Å². The Balaban J connectivity index is 3.02. The van der Waals surface area contributed by atoms with Crippen LogP contribution in [0.5, 0.6) is 11.5 Å². The van der Waals surface area contributed by atoms with E-state index in [9.17, 15) is 0 Å². The second-order valence-corrected chi connectivity index (χ2v) is 5.99. The van der Waals surface area contributed by atoms with Crippen LogP contribution in [0, 0.1) is 5.41 Å². The Kier molecular flexibility index (Phi) is 5.67. The third kappa shape index (κ3) is 4.75. The van der Waals surface area contributed by atoms with Crippen molar-refractivity contribution in [3.05, 3.63) is 23.8 Å². The van der Waals surface area contributed by atoms with E-state index in [1.807, 2.05) is 6.07 Å². The Morgan fingerprint density at radius 1 is 1.11 bits per heavy atom. The first-order valence-electron chi connectivity index (χ1n) is 6.86. The molecule has 0 aliphatic carbocycles. The lowest BCUT2D eigenvalue weighted by Crippen LogP contribution is -2.25. The van der Waals surface area contributed by atoms with Gasteiger partial charge >= 0.3 is 0 Å². The van der Waals surface area contributed by atoms with E-state index in [0.29, 0.717) is 6.04 Å². The van der Waals surface area contributed by atoms with E-state index >= 15 is 0 Å². The van der Waals surface area contributed by atoms with E-state index in [1.54, 1.807) is 14.2 Å². The lowest BCUT2D eigenvalue weighted by molar-refractivity contribution is 0.312. The quantitative estimate of drug-likeness (QED) is 0.849. The second kappa shape index (κ2) is 6.80. The van der Waals surface area contributed by atoms with Crippen molar-refractivity contribution in [2.24, 2.45) is 5.41 Å². The fourth-order valence-corrected chi connectivity index (χ4v) is 2.24. The summed E-state index contributed by atoms with van der Waals surface area (Å²) in [5.74, 6) is 1.56. The average Bonchev–Trinajstić information content (AvgIpc) is 2.36. The molecule has 1 aromatic carbocycles. The maximum atomic E-state index is 5.38. The highest BCUT2D eigenvalue weighted by Crippen LogP contribution is 2.34. The number of hydrogen-bond acceptors (Lipinski definition) is 3. The molecule has 0 aromatic heterocycles. The van der Waals surface area contributed by atoms with Crippen molar-refractivity contribution in [2.45, 2.75) is 40.2 Å². The molecular formula is C16H27NO2. The van der Waals surface area contributed by atoms with Crippen LogP contribution in [-0.4, -0.2) is 20.8 Å². The first kappa shape index (κ1) is 15.8. The topological polar surface area (TPSA) is 30.5 Å². The van der Waals surface area contributed by atoms with Crippen LogP contribution in [-0.2, 0) is 0 Å². The zero-order valence-corrected chi connectivity index (χ0v) is 13.0. The summed E-state index contributed by atoms with van der Waals surface area (Å²) in [7, 11) is 3.34. The van der Waals surface area contributed by atoms with E-state index in [0.717, 1.165) is 24.5 Å². The first-order valence-corrected chi connectivity index (χ1v) is 6.86. The average molecular weight is 265 g/mol. The molecule has 0 saturated heterocycles. The molecule has 1 unspecified atom stereocenters. The highest BCUT2D eigenvalue weighted by atomic mass is 16.5. The SMILES string of the molecule is CCNC(CC(C)(C)C)c1ccc(OC)c(OC)c1. The highest BCUT2D eigenvalue weighted by molar-refractivity contribution is 5.43. The molecule has 19 heavy (non-hydrogen) atoms. The highest BCUT2D eigenvalue weighted by Gasteiger charge is 2.20. The molecule has 1 N–H and O–H groups in total. The smallest absolute Gasteiger partial charge is 0.161 e. The molecule has 0 radical (unpaired) electrons. The summed E-state index contributed by atoms with van der Waals surface area (Å²) in [5, 5.41) is 3.55. The molecule has 1 aromatic rings. The minimum atomic E-state index is 0.278. The molecule has 0 spiro atoms. The molecule has 0 heterocycles. The molecule has 1 atom stereocenters. The van der Waals surface area contributed by atoms with Crippen molar-refractivity contribution in [1.82, 2.24) is 5.32 Å². The molecule has 0 amide bonds. The standard InChI is InChI=1S/C16H27NO2/c1-7-17-13(11-16(2,3)4)12-8-9-14(18-5)15(10-12)19-6/h8-10,13,17H,7,11H2,1-6H3. The van der Waals surface area contributed by atoms with Crippen LogP contribution < -0.4 is 14.8 Å². The van der Waals surface area contributed by atoms with Crippen LogP contribution in [0.25, 0.3) is 0 Å². The van der Waals surface area contributed by atoms with Crippen LogP contribution in [0.15, 0.2) is 18.2 Å². The number of benzene rings is 1. The molecule has 0 bridgehead atoms. The summed E-state index contributed by atoms with van der Waals surface area (Å²) in [4.78, 5) is 0. The van der Waals surface area contributed by atoms with Crippen LogP contribution >= 0.6 is 0 Å². The molecule has 0 fully saturated rings. The molecule has 3 nitrogen and oxygen atoms in total. The van der Waals surface area contributed by atoms with E-state index in [1.165, 1.54) is 5.56 Å². The van der Waals surface area contributed by atoms with Gasteiger partial charge in [0.15, 0.2) is 11.5 Å². The van der Waals surface area contributed by atoms with Gasteiger partial charge in [-0.3, -0.25) is 0 Å². The summed E-state index contributed by atoms with van der Waals surface area (Å²) >= 11 is 0. The molecule has 1 rings (SSSR count). The van der Waals surface area contributed by atoms with Crippen molar-refractivity contribution in [2.75, 3.05) is 20.8 Å². The van der Waals surface area contributed by atoms with Crippen molar-refractivity contribution in [3.63, 3.8) is 0 Å². The van der Waals surface area contributed by atoms with Gasteiger partial charge in [0.2, 0.25) is 0 Å². The van der Waals surface area contributed by atoms with Gasteiger partial charge in [0.1, 0.15) is 0 Å². The third-order valence-corrected chi connectivity index (χ3v) is 3.08. The minimum Gasteiger partial charge on any atom is -0.493 e. The van der Waals surface area contributed by atoms with Gasteiger partial charge in [-0.15, -0.1) is 0 Å². The van der Waals surface area contributed by atoms with Gasteiger partial charge in [-0.2, -0.15) is 0 Å². The van der Waals surface area contributed by atoms with Crippen LogP contribution in [0.4, 0.5) is 0 Å². The summed E-state index contributed by atoms with van der Waals surface area (Å²) < 4.78 is 10.7. The monoisotopic (exact) mass is 265 g/mol. The molecular weight excluding hydrogens is 238 g/mol. The van der Waals surface area contributed by atoms with Crippen LogP contribution in [0.1, 0.15) is 45.7 Å². The maximum absolute atomic E-state index is 5.38. The Bertz CT molecular complexity index is 396. The first-order chi connectivity index (χ1) is 8.91. The predicted octanol–water partition coefficient (Wildman–Crippen LogP) is 3.79. The fourth-order valence-electron chi connectivity index (χ4n) is 2.24. The zero-order chi connectivity index (χ0) is 14.5. The van der Waals surface area contributed by atoms with Gasteiger partial charge in [-0.05, 0) is 36.1 Å². The summed E-state index contributed by atoms with van der Waals surface area (Å²) in [6, 6.07) is 6.49. The molecule has 3 heteroatoms.